The Bertz CT molecular complexity index is 203. The third kappa shape index (κ3) is 2.27. The summed E-state index contributed by atoms with van der Waals surface area (Å²) in [7, 11) is 0. The molecule has 82 valence electrons. The van der Waals surface area contributed by atoms with Crippen molar-refractivity contribution in [3.63, 3.8) is 0 Å². The van der Waals surface area contributed by atoms with Crippen LogP contribution in [0, 0.1) is 17.8 Å². The van der Waals surface area contributed by atoms with Crippen LogP contribution in [0.3, 0.4) is 0 Å². The van der Waals surface area contributed by atoms with E-state index in [1.807, 2.05) is 11.8 Å². The number of likely N-dealkylation sites (tertiary alicyclic amines) is 1. The number of amides is 1. The SMILES string of the molecule is CCN1CC(C(CN)C(C)C)CC1=O. The van der Waals surface area contributed by atoms with Gasteiger partial charge in [0, 0.05) is 19.5 Å². The van der Waals surface area contributed by atoms with Gasteiger partial charge in [0.25, 0.3) is 0 Å². The van der Waals surface area contributed by atoms with Gasteiger partial charge < -0.3 is 10.6 Å². The minimum Gasteiger partial charge on any atom is -0.343 e. The van der Waals surface area contributed by atoms with Gasteiger partial charge in [-0.25, -0.2) is 0 Å². The van der Waals surface area contributed by atoms with Crippen LogP contribution >= 0.6 is 0 Å². The number of carbonyl (C=O) groups is 1. The smallest absolute Gasteiger partial charge is 0.222 e. The van der Waals surface area contributed by atoms with E-state index in [9.17, 15) is 4.79 Å². The summed E-state index contributed by atoms with van der Waals surface area (Å²) in [5.41, 5.74) is 5.76. The Labute approximate surface area is 86.6 Å². The first kappa shape index (κ1) is 11.5. The van der Waals surface area contributed by atoms with E-state index in [0.29, 0.717) is 36.6 Å². The Balaban J connectivity index is 2.58. The predicted octanol–water partition coefficient (Wildman–Crippen LogP) is 1.09. The molecule has 1 amide bonds. The van der Waals surface area contributed by atoms with Crippen LogP contribution in [0.25, 0.3) is 0 Å². The number of nitrogens with two attached hydrogens (primary N) is 1. The molecule has 0 aromatic rings. The van der Waals surface area contributed by atoms with Crippen molar-refractivity contribution < 1.29 is 4.79 Å². The first-order valence-corrected chi connectivity index (χ1v) is 5.58. The molecule has 2 atom stereocenters. The van der Waals surface area contributed by atoms with Crippen LogP contribution in [0.4, 0.5) is 0 Å². The molecule has 1 fully saturated rings. The molecular formula is C11H22N2O. The average molecular weight is 198 g/mol. The van der Waals surface area contributed by atoms with Crippen LogP contribution in [0.1, 0.15) is 27.2 Å². The van der Waals surface area contributed by atoms with Gasteiger partial charge in [-0.05, 0) is 31.2 Å². The van der Waals surface area contributed by atoms with Gasteiger partial charge in [0.05, 0.1) is 0 Å². The van der Waals surface area contributed by atoms with Gasteiger partial charge in [0.2, 0.25) is 5.91 Å². The van der Waals surface area contributed by atoms with Crippen LogP contribution in [0.15, 0.2) is 0 Å². The van der Waals surface area contributed by atoms with E-state index in [1.165, 1.54) is 0 Å². The van der Waals surface area contributed by atoms with E-state index in [1.54, 1.807) is 0 Å². The lowest BCUT2D eigenvalue weighted by atomic mass is 9.83. The second-order valence-electron chi connectivity index (χ2n) is 4.54. The Kier molecular flexibility index (Phi) is 3.93. The number of nitrogens with zero attached hydrogens (tertiary/aromatic N) is 1. The van der Waals surface area contributed by atoms with Gasteiger partial charge in [-0.15, -0.1) is 0 Å². The summed E-state index contributed by atoms with van der Waals surface area (Å²) in [6.45, 7) is 8.87. The van der Waals surface area contributed by atoms with Crippen molar-refractivity contribution in [2.24, 2.45) is 23.5 Å². The molecule has 1 rings (SSSR count). The zero-order valence-corrected chi connectivity index (χ0v) is 9.49. The van der Waals surface area contributed by atoms with Crippen LogP contribution in [0.2, 0.25) is 0 Å². The number of hydrogen-bond acceptors (Lipinski definition) is 2. The monoisotopic (exact) mass is 198 g/mol. The van der Waals surface area contributed by atoms with Gasteiger partial charge in [0.15, 0.2) is 0 Å². The van der Waals surface area contributed by atoms with E-state index >= 15 is 0 Å². The maximum absolute atomic E-state index is 11.5. The minimum atomic E-state index is 0.302. The first-order valence-electron chi connectivity index (χ1n) is 5.58. The van der Waals surface area contributed by atoms with Crippen LogP contribution < -0.4 is 5.73 Å². The number of rotatable bonds is 4. The maximum atomic E-state index is 11.5. The largest absolute Gasteiger partial charge is 0.343 e. The highest BCUT2D eigenvalue weighted by molar-refractivity contribution is 5.78. The zero-order valence-electron chi connectivity index (χ0n) is 9.49. The Morgan fingerprint density at radius 2 is 2.21 bits per heavy atom. The van der Waals surface area contributed by atoms with Crippen LogP contribution in [-0.4, -0.2) is 30.4 Å². The maximum Gasteiger partial charge on any atom is 0.222 e. The molecule has 0 aromatic carbocycles. The lowest BCUT2D eigenvalue weighted by Gasteiger charge is -2.25. The van der Waals surface area contributed by atoms with Gasteiger partial charge >= 0.3 is 0 Å². The summed E-state index contributed by atoms with van der Waals surface area (Å²) in [5, 5.41) is 0. The third-order valence-corrected chi connectivity index (χ3v) is 3.36. The molecular weight excluding hydrogens is 176 g/mol. The lowest BCUT2D eigenvalue weighted by Crippen LogP contribution is -2.30. The van der Waals surface area contributed by atoms with Crippen LogP contribution in [0.5, 0.6) is 0 Å². The summed E-state index contributed by atoms with van der Waals surface area (Å²) in [4.78, 5) is 13.5. The molecule has 1 heterocycles. The standard InChI is InChI=1S/C11H22N2O/c1-4-13-7-9(5-11(13)14)10(6-12)8(2)3/h8-10H,4-7,12H2,1-3H3. The summed E-state index contributed by atoms with van der Waals surface area (Å²) < 4.78 is 0. The summed E-state index contributed by atoms with van der Waals surface area (Å²) in [6.07, 6.45) is 0.702. The molecule has 0 radical (unpaired) electrons. The van der Waals surface area contributed by atoms with Crippen molar-refractivity contribution in [3.8, 4) is 0 Å². The summed E-state index contributed by atoms with van der Waals surface area (Å²) in [5.74, 6) is 1.86. The highest BCUT2D eigenvalue weighted by Crippen LogP contribution is 2.29. The van der Waals surface area contributed by atoms with E-state index in [2.05, 4.69) is 13.8 Å². The van der Waals surface area contributed by atoms with Crippen LogP contribution in [-0.2, 0) is 4.79 Å². The molecule has 0 aliphatic carbocycles. The fraction of sp³-hybridized carbons (Fsp3) is 0.909. The number of carbonyl (C=O) groups excluding carboxylic acids is 1. The van der Waals surface area contributed by atoms with Gasteiger partial charge in [-0.3, -0.25) is 4.79 Å². The van der Waals surface area contributed by atoms with Crippen molar-refractivity contribution in [1.82, 2.24) is 4.90 Å². The normalized spacial score (nSPS) is 24.8. The molecule has 1 saturated heterocycles. The molecule has 0 aromatic heterocycles. The Morgan fingerprint density at radius 1 is 1.57 bits per heavy atom. The molecule has 0 spiro atoms. The molecule has 0 saturated carbocycles. The second kappa shape index (κ2) is 4.78. The van der Waals surface area contributed by atoms with Crippen molar-refractivity contribution in [2.45, 2.75) is 27.2 Å². The average Bonchev–Trinajstić information content (AvgIpc) is 2.47. The van der Waals surface area contributed by atoms with E-state index in [0.717, 1.165) is 13.1 Å². The van der Waals surface area contributed by atoms with Gasteiger partial charge in [-0.2, -0.15) is 0 Å². The minimum absolute atomic E-state index is 0.302. The van der Waals surface area contributed by atoms with E-state index in [4.69, 9.17) is 5.73 Å². The van der Waals surface area contributed by atoms with E-state index in [-0.39, 0.29) is 0 Å². The molecule has 14 heavy (non-hydrogen) atoms. The fourth-order valence-corrected chi connectivity index (χ4v) is 2.40. The topological polar surface area (TPSA) is 46.3 Å². The van der Waals surface area contributed by atoms with Gasteiger partial charge in [-0.1, -0.05) is 13.8 Å². The molecule has 1 aliphatic rings. The van der Waals surface area contributed by atoms with Crippen molar-refractivity contribution in [2.75, 3.05) is 19.6 Å². The molecule has 3 heteroatoms. The third-order valence-electron chi connectivity index (χ3n) is 3.36. The molecule has 1 aliphatic heterocycles. The molecule has 0 bridgehead atoms. The highest BCUT2D eigenvalue weighted by atomic mass is 16.2. The highest BCUT2D eigenvalue weighted by Gasteiger charge is 2.34. The number of hydrogen-bond donors (Lipinski definition) is 1. The summed E-state index contributed by atoms with van der Waals surface area (Å²) in [6, 6.07) is 0. The first-order chi connectivity index (χ1) is 6.60. The zero-order chi connectivity index (χ0) is 10.7. The molecule has 2 N–H and O–H groups in total. The lowest BCUT2D eigenvalue weighted by molar-refractivity contribution is -0.127. The van der Waals surface area contributed by atoms with Crippen molar-refractivity contribution >= 4 is 5.91 Å². The van der Waals surface area contributed by atoms with Crippen molar-refractivity contribution in [3.05, 3.63) is 0 Å². The van der Waals surface area contributed by atoms with E-state index < -0.39 is 0 Å². The predicted molar refractivity (Wildman–Crippen MR) is 57.7 cm³/mol. The Morgan fingerprint density at radius 3 is 2.57 bits per heavy atom. The quantitative estimate of drug-likeness (QED) is 0.735. The van der Waals surface area contributed by atoms with Crippen molar-refractivity contribution in [1.29, 1.82) is 0 Å². The second-order valence-corrected chi connectivity index (χ2v) is 4.54. The fourth-order valence-electron chi connectivity index (χ4n) is 2.40. The molecule has 3 nitrogen and oxygen atoms in total. The Hall–Kier alpha value is -0.570. The van der Waals surface area contributed by atoms with Gasteiger partial charge in [0.1, 0.15) is 0 Å². The summed E-state index contributed by atoms with van der Waals surface area (Å²) >= 11 is 0. The molecule has 2 unspecified atom stereocenters.